The Hall–Kier alpha value is -2.55. The van der Waals surface area contributed by atoms with Gasteiger partial charge in [0.25, 0.3) is 10.2 Å². The Labute approximate surface area is 177 Å². The van der Waals surface area contributed by atoms with Crippen LogP contribution in [0.2, 0.25) is 0 Å². The van der Waals surface area contributed by atoms with Crippen LogP contribution in [0.3, 0.4) is 0 Å². The highest BCUT2D eigenvalue weighted by atomic mass is 32.2. The van der Waals surface area contributed by atoms with E-state index < -0.39 is 10.2 Å². The van der Waals surface area contributed by atoms with Gasteiger partial charge in [0.15, 0.2) is 0 Å². The minimum Gasteiger partial charge on any atom is -0.351 e. The Kier molecular flexibility index (Phi) is 5.99. The summed E-state index contributed by atoms with van der Waals surface area (Å²) < 4.78 is 28.0. The number of nitrogens with one attached hydrogen (secondary N) is 2. The summed E-state index contributed by atoms with van der Waals surface area (Å²) >= 11 is 0. The van der Waals surface area contributed by atoms with Crippen LogP contribution < -0.4 is 10.0 Å². The highest BCUT2D eigenvalue weighted by Crippen LogP contribution is 2.25. The Morgan fingerprint density at radius 3 is 2.37 bits per heavy atom. The predicted octanol–water partition coefficient (Wildman–Crippen LogP) is 3.42. The molecule has 0 aliphatic heterocycles. The molecule has 0 spiro atoms. The van der Waals surface area contributed by atoms with Gasteiger partial charge in [0.05, 0.1) is 5.69 Å². The first-order chi connectivity index (χ1) is 14.4. The zero-order chi connectivity index (χ0) is 21.1. The fraction of sp³-hybridized carbons (Fsp3) is 0.364. The van der Waals surface area contributed by atoms with E-state index in [1.165, 1.54) is 29.2 Å². The number of aromatic nitrogens is 2. The molecule has 0 amide bonds. The van der Waals surface area contributed by atoms with Gasteiger partial charge in [0.2, 0.25) is 5.95 Å². The smallest absolute Gasteiger partial charge is 0.279 e. The normalized spacial score (nSPS) is 19.8. The van der Waals surface area contributed by atoms with E-state index >= 15 is 0 Å². The van der Waals surface area contributed by atoms with Crippen molar-refractivity contribution in [1.29, 1.82) is 0 Å². The van der Waals surface area contributed by atoms with E-state index in [0.29, 0.717) is 5.95 Å². The molecular formula is C22H27N5O2S. The quantitative estimate of drug-likeness (QED) is 0.632. The number of rotatable bonds is 6. The van der Waals surface area contributed by atoms with Crippen molar-refractivity contribution < 1.29 is 8.42 Å². The number of benzene rings is 2. The molecule has 0 saturated heterocycles. The number of hydrogen-bond donors (Lipinski definition) is 2. The zero-order valence-electron chi connectivity index (χ0n) is 17.2. The molecule has 1 heterocycles. The van der Waals surface area contributed by atoms with E-state index in [1.807, 2.05) is 18.2 Å². The van der Waals surface area contributed by atoms with Crippen molar-refractivity contribution in [2.75, 3.05) is 19.4 Å². The summed E-state index contributed by atoms with van der Waals surface area (Å²) in [5.41, 5.74) is 1.94. The summed E-state index contributed by atoms with van der Waals surface area (Å²) in [6, 6.07) is 16.7. The number of anilines is 1. The minimum absolute atomic E-state index is 0.0275. The number of fused-ring (bicyclic) bond motifs is 1. The molecule has 1 aliphatic rings. The standard InChI is InChI=1S/C22H27N5O2S/c1-27(2)30(28,29)26-20-11-9-19(10-12-20)24-22-23-14-13-21(25-22)18-8-7-16-5-3-4-6-17(16)15-18/h3-8,13-15,19-20,26H,9-12H2,1-2H3,(H,23,24,25)/t19-,20-. The van der Waals surface area contributed by atoms with Crippen LogP contribution in [0.15, 0.2) is 54.7 Å². The minimum atomic E-state index is -3.39. The lowest BCUT2D eigenvalue weighted by molar-refractivity contribution is 0.378. The van der Waals surface area contributed by atoms with Crippen LogP contribution in [-0.4, -0.2) is 48.9 Å². The molecule has 1 fully saturated rings. The summed E-state index contributed by atoms with van der Waals surface area (Å²) in [7, 11) is -0.314. The Balaban J connectivity index is 1.40. The lowest BCUT2D eigenvalue weighted by Crippen LogP contribution is -2.44. The fourth-order valence-electron chi connectivity index (χ4n) is 3.79. The van der Waals surface area contributed by atoms with Crippen molar-refractivity contribution in [3.05, 3.63) is 54.7 Å². The van der Waals surface area contributed by atoms with Crippen molar-refractivity contribution in [2.45, 2.75) is 37.8 Å². The second-order valence-corrected chi connectivity index (χ2v) is 9.84. The third-order valence-corrected chi connectivity index (χ3v) is 7.15. The monoisotopic (exact) mass is 425 g/mol. The maximum absolute atomic E-state index is 12.0. The van der Waals surface area contributed by atoms with Crippen molar-refractivity contribution in [2.24, 2.45) is 0 Å². The van der Waals surface area contributed by atoms with Gasteiger partial charge in [-0.1, -0.05) is 36.4 Å². The molecule has 4 rings (SSSR count). The fourth-order valence-corrected chi connectivity index (χ4v) is 4.66. The molecule has 1 saturated carbocycles. The van der Waals surface area contributed by atoms with Crippen LogP contribution in [0.4, 0.5) is 5.95 Å². The average molecular weight is 426 g/mol. The van der Waals surface area contributed by atoms with Gasteiger partial charge in [-0.2, -0.15) is 17.4 Å². The third-order valence-electron chi connectivity index (χ3n) is 5.56. The molecule has 0 bridgehead atoms. The van der Waals surface area contributed by atoms with E-state index in [4.69, 9.17) is 4.98 Å². The van der Waals surface area contributed by atoms with E-state index in [1.54, 1.807) is 6.20 Å². The molecule has 1 aliphatic carbocycles. The molecule has 30 heavy (non-hydrogen) atoms. The first-order valence-corrected chi connectivity index (χ1v) is 11.6. The van der Waals surface area contributed by atoms with Crippen LogP contribution in [-0.2, 0) is 10.2 Å². The van der Waals surface area contributed by atoms with Gasteiger partial charge < -0.3 is 5.32 Å². The van der Waals surface area contributed by atoms with Crippen LogP contribution >= 0.6 is 0 Å². The largest absolute Gasteiger partial charge is 0.351 e. The van der Waals surface area contributed by atoms with E-state index in [9.17, 15) is 8.42 Å². The molecule has 2 aromatic carbocycles. The maximum atomic E-state index is 12.0. The first-order valence-electron chi connectivity index (χ1n) is 10.2. The van der Waals surface area contributed by atoms with Gasteiger partial charge in [-0.25, -0.2) is 9.97 Å². The van der Waals surface area contributed by atoms with Crippen LogP contribution in [0.5, 0.6) is 0 Å². The molecule has 2 N–H and O–H groups in total. The molecule has 1 aromatic heterocycles. The Morgan fingerprint density at radius 2 is 1.63 bits per heavy atom. The SMILES string of the molecule is CN(C)S(=O)(=O)N[C@H]1CC[C@H](Nc2nccc(-c3ccc4ccccc4c3)n2)CC1. The average Bonchev–Trinajstić information content (AvgIpc) is 2.75. The molecule has 0 unspecified atom stereocenters. The van der Waals surface area contributed by atoms with E-state index in [2.05, 4.69) is 45.4 Å². The van der Waals surface area contributed by atoms with E-state index in [-0.39, 0.29) is 12.1 Å². The van der Waals surface area contributed by atoms with Crippen LogP contribution in [0.25, 0.3) is 22.0 Å². The summed E-state index contributed by atoms with van der Waals surface area (Å²) in [5.74, 6) is 0.609. The van der Waals surface area contributed by atoms with Crippen molar-refractivity contribution in [3.8, 4) is 11.3 Å². The summed E-state index contributed by atoms with van der Waals surface area (Å²) in [6.07, 6.45) is 5.08. The predicted molar refractivity (Wildman–Crippen MR) is 120 cm³/mol. The van der Waals surface area contributed by atoms with Crippen LogP contribution in [0, 0.1) is 0 Å². The molecule has 7 nitrogen and oxygen atoms in total. The molecule has 8 heteroatoms. The molecule has 158 valence electrons. The molecular weight excluding hydrogens is 398 g/mol. The third kappa shape index (κ3) is 4.77. The molecule has 3 aromatic rings. The lowest BCUT2D eigenvalue weighted by Gasteiger charge is -2.30. The van der Waals surface area contributed by atoms with E-state index in [0.717, 1.165) is 36.9 Å². The molecule has 0 atom stereocenters. The van der Waals surface area contributed by atoms with Gasteiger partial charge in [0.1, 0.15) is 0 Å². The lowest BCUT2D eigenvalue weighted by atomic mass is 9.92. The topological polar surface area (TPSA) is 87.2 Å². The highest BCUT2D eigenvalue weighted by molar-refractivity contribution is 7.87. The molecule has 0 radical (unpaired) electrons. The number of nitrogens with zero attached hydrogens (tertiary/aromatic N) is 3. The van der Waals surface area contributed by atoms with Gasteiger partial charge in [0, 0.05) is 37.9 Å². The van der Waals surface area contributed by atoms with Gasteiger partial charge in [-0.05, 0) is 48.6 Å². The Morgan fingerprint density at radius 1 is 0.933 bits per heavy atom. The Bertz CT molecular complexity index is 1130. The second kappa shape index (κ2) is 8.67. The highest BCUT2D eigenvalue weighted by Gasteiger charge is 2.26. The summed E-state index contributed by atoms with van der Waals surface area (Å²) in [6.45, 7) is 0. The summed E-state index contributed by atoms with van der Waals surface area (Å²) in [5, 5.41) is 5.81. The van der Waals surface area contributed by atoms with Crippen molar-refractivity contribution in [3.63, 3.8) is 0 Å². The zero-order valence-corrected chi connectivity index (χ0v) is 18.1. The van der Waals surface area contributed by atoms with Gasteiger partial charge in [-0.3, -0.25) is 0 Å². The second-order valence-electron chi connectivity index (χ2n) is 7.93. The maximum Gasteiger partial charge on any atom is 0.279 e. The number of hydrogen-bond acceptors (Lipinski definition) is 5. The van der Waals surface area contributed by atoms with Crippen molar-refractivity contribution >= 4 is 26.9 Å². The van der Waals surface area contributed by atoms with Crippen LogP contribution in [0.1, 0.15) is 25.7 Å². The van der Waals surface area contributed by atoms with Gasteiger partial charge in [-0.15, -0.1) is 0 Å². The van der Waals surface area contributed by atoms with Crippen molar-refractivity contribution in [1.82, 2.24) is 19.0 Å². The summed E-state index contributed by atoms with van der Waals surface area (Å²) in [4.78, 5) is 9.09. The van der Waals surface area contributed by atoms with Gasteiger partial charge >= 0.3 is 0 Å². The first kappa shape index (κ1) is 20.7.